The Hall–Kier alpha value is -0.730. The van der Waals surface area contributed by atoms with Crippen molar-refractivity contribution in [1.29, 1.82) is 0 Å². The maximum atomic E-state index is 6.49. The van der Waals surface area contributed by atoms with E-state index in [2.05, 4.69) is 42.3 Å². The summed E-state index contributed by atoms with van der Waals surface area (Å²) in [6.45, 7) is 7.45. The van der Waals surface area contributed by atoms with Gasteiger partial charge in [-0.3, -0.25) is 0 Å². The number of hydrogen-bond acceptors (Lipinski definition) is 2. The predicted molar refractivity (Wildman–Crippen MR) is 84.1 cm³/mol. The first-order valence-electron chi connectivity index (χ1n) is 7.48. The molecule has 3 heteroatoms. The predicted octanol–water partition coefficient (Wildman–Crippen LogP) is 4.22. The van der Waals surface area contributed by atoms with Gasteiger partial charge >= 0.3 is 0 Å². The molecule has 1 aromatic rings. The topological polar surface area (TPSA) is 15.3 Å². The van der Waals surface area contributed by atoms with Gasteiger partial charge in [-0.15, -0.1) is 0 Å². The second-order valence-electron chi connectivity index (χ2n) is 5.46. The van der Waals surface area contributed by atoms with E-state index in [1.807, 2.05) is 0 Å². The zero-order valence-corrected chi connectivity index (χ0v) is 12.8. The van der Waals surface area contributed by atoms with Crippen molar-refractivity contribution in [2.45, 2.75) is 52.1 Å². The SMILES string of the molecule is CCNCc1ccc(N2CCCCCC2C)c(Cl)c1. The highest BCUT2D eigenvalue weighted by atomic mass is 35.5. The number of rotatable bonds is 4. The van der Waals surface area contributed by atoms with Gasteiger partial charge in [0.15, 0.2) is 0 Å². The fourth-order valence-electron chi connectivity index (χ4n) is 2.80. The van der Waals surface area contributed by atoms with Gasteiger partial charge in [0.05, 0.1) is 10.7 Å². The van der Waals surface area contributed by atoms with Crippen LogP contribution in [0.15, 0.2) is 18.2 Å². The molecule has 0 spiro atoms. The van der Waals surface area contributed by atoms with E-state index in [4.69, 9.17) is 11.6 Å². The van der Waals surface area contributed by atoms with Crippen LogP contribution in [0.4, 0.5) is 5.69 Å². The third kappa shape index (κ3) is 3.87. The molecule has 2 rings (SSSR count). The summed E-state index contributed by atoms with van der Waals surface area (Å²) >= 11 is 6.49. The third-order valence-electron chi connectivity index (χ3n) is 3.95. The van der Waals surface area contributed by atoms with E-state index in [-0.39, 0.29) is 0 Å². The molecule has 1 saturated heterocycles. The summed E-state index contributed by atoms with van der Waals surface area (Å²) in [5.74, 6) is 0. The normalized spacial score (nSPS) is 20.4. The van der Waals surface area contributed by atoms with Crippen LogP contribution in [0.5, 0.6) is 0 Å². The van der Waals surface area contributed by atoms with Crippen molar-refractivity contribution in [2.75, 3.05) is 18.0 Å². The van der Waals surface area contributed by atoms with Crippen LogP contribution in [0.1, 0.15) is 45.1 Å². The average Bonchev–Trinajstić information content (AvgIpc) is 2.61. The van der Waals surface area contributed by atoms with Gasteiger partial charge in [-0.1, -0.05) is 37.4 Å². The average molecular weight is 281 g/mol. The van der Waals surface area contributed by atoms with Crippen LogP contribution in [0.25, 0.3) is 0 Å². The second kappa shape index (κ2) is 7.16. The van der Waals surface area contributed by atoms with E-state index in [1.165, 1.54) is 36.9 Å². The summed E-state index contributed by atoms with van der Waals surface area (Å²) in [6, 6.07) is 7.09. The standard InChI is InChI=1S/C16H25ClN2/c1-3-18-12-14-8-9-16(15(17)11-14)19-10-6-4-5-7-13(19)2/h8-9,11,13,18H,3-7,10,12H2,1-2H3. The number of benzene rings is 1. The number of halogens is 1. The van der Waals surface area contributed by atoms with E-state index in [1.54, 1.807) is 0 Å². The summed E-state index contributed by atoms with van der Waals surface area (Å²) in [6.07, 6.45) is 5.24. The van der Waals surface area contributed by atoms with Crippen molar-refractivity contribution in [1.82, 2.24) is 5.32 Å². The van der Waals surface area contributed by atoms with Gasteiger partial charge < -0.3 is 10.2 Å². The lowest BCUT2D eigenvalue weighted by atomic mass is 10.1. The Morgan fingerprint density at radius 2 is 2.16 bits per heavy atom. The maximum Gasteiger partial charge on any atom is 0.0642 e. The molecule has 0 saturated carbocycles. The van der Waals surface area contributed by atoms with E-state index in [0.717, 1.165) is 24.7 Å². The fraction of sp³-hybridized carbons (Fsp3) is 0.625. The van der Waals surface area contributed by atoms with Crippen molar-refractivity contribution in [3.8, 4) is 0 Å². The van der Waals surface area contributed by atoms with Crippen LogP contribution in [0.2, 0.25) is 5.02 Å². The highest BCUT2D eigenvalue weighted by Crippen LogP contribution is 2.31. The first-order valence-corrected chi connectivity index (χ1v) is 7.86. The van der Waals surface area contributed by atoms with Gasteiger partial charge in [-0.25, -0.2) is 0 Å². The Morgan fingerprint density at radius 3 is 2.89 bits per heavy atom. The molecule has 0 aromatic heterocycles. The minimum Gasteiger partial charge on any atom is -0.368 e. The highest BCUT2D eigenvalue weighted by Gasteiger charge is 2.19. The number of nitrogens with zero attached hydrogens (tertiary/aromatic N) is 1. The highest BCUT2D eigenvalue weighted by molar-refractivity contribution is 6.33. The largest absolute Gasteiger partial charge is 0.368 e. The molecule has 1 unspecified atom stereocenters. The van der Waals surface area contributed by atoms with Crippen LogP contribution in [0, 0.1) is 0 Å². The maximum absolute atomic E-state index is 6.49. The molecule has 19 heavy (non-hydrogen) atoms. The lowest BCUT2D eigenvalue weighted by Gasteiger charge is -2.30. The van der Waals surface area contributed by atoms with Crippen molar-refractivity contribution >= 4 is 17.3 Å². The van der Waals surface area contributed by atoms with Crippen LogP contribution in [-0.2, 0) is 6.54 Å². The van der Waals surface area contributed by atoms with Gasteiger partial charge in [-0.2, -0.15) is 0 Å². The lowest BCUT2D eigenvalue weighted by molar-refractivity contribution is 0.616. The first-order chi connectivity index (χ1) is 9.22. The molecule has 1 N–H and O–H groups in total. The van der Waals surface area contributed by atoms with Gasteiger partial charge in [0.1, 0.15) is 0 Å². The minimum absolute atomic E-state index is 0.597. The summed E-state index contributed by atoms with van der Waals surface area (Å²) in [5, 5.41) is 4.23. The quantitative estimate of drug-likeness (QED) is 0.888. The van der Waals surface area contributed by atoms with Crippen LogP contribution in [-0.4, -0.2) is 19.1 Å². The molecule has 0 amide bonds. The molecule has 2 nitrogen and oxygen atoms in total. The number of nitrogens with one attached hydrogen (secondary N) is 1. The van der Waals surface area contributed by atoms with Gasteiger partial charge in [0.25, 0.3) is 0 Å². The van der Waals surface area contributed by atoms with Crippen molar-refractivity contribution in [3.63, 3.8) is 0 Å². The van der Waals surface area contributed by atoms with Crippen molar-refractivity contribution in [2.24, 2.45) is 0 Å². The van der Waals surface area contributed by atoms with Gasteiger partial charge in [0, 0.05) is 19.1 Å². The Morgan fingerprint density at radius 1 is 1.32 bits per heavy atom. The molecular weight excluding hydrogens is 256 g/mol. The molecule has 0 bridgehead atoms. The summed E-state index contributed by atoms with van der Waals surface area (Å²) in [7, 11) is 0. The zero-order valence-electron chi connectivity index (χ0n) is 12.1. The third-order valence-corrected chi connectivity index (χ3v) is 4.26. The Bertz CT molecular complexity index is 406. The van der Waals surface area contributed by atoms with Gasteiger partial charge in [-0.05, 0) is 44.0 Å². The van der Waals surface area contributed by atoms with E-state index < -0.39 is 0 Å². The molecule has 1 fully saturated rings. The minimum atomic E-state index is 0.597. The van der Waals surface area contributed by atoms with E-state index in [9.17, 15) is 0 Å². The molecule has 0 radical (unpaired) electrons. The molecule has 0 aliphatic carbocycles. The van der Waals surface area contributed by atoms with Crippen molar-refractivity contribution < 1.29 is 0 Å². The molecule has 1 atom stereocenters. The molecular formula is C16H25ClN2. The number of hydrogen-bond donors (Lipinski definition) is 1. The van der Waals surface area contributed by atoms with Crippen LogP contribution < -0.4 is 10.2 Å². The lowest BCUT2D eigenvalue weighted by Crippen LogP contribution is -2.32. The second-order valence-corrected chi connectivity index (χ2v) is 5.87. The monoisotopic (exact) mass is 280 g/mol. The first kappa shape index (κ1) is 14.7. The molecule has 1 aromatic carbocycles. The Labute approximate surface area is 122 Å². The fourth-order valence-corrected chi connectivity index (χ4v) is 3.11. The smallest absolute Gasteiger partial charge is 0.0642 e. The van der Waals surface area contributed by atoms with Crippen LogP contribution in [0.3, 0.4) is 0 Å². The summed E-state index contributed by atoms with van der Waals surface area (Å²) in [4.78, 5) is 2.48. The van der Waals surface area contributed by atoms with Gasteiger partial charge in [0.2, 0.25) is 0 Å². The summed E-state index contributed by atoms with van der Waals surface area (Å²) < 4.78 is 0. The molecule has 1 aliphatic rings. The zero-order chi connectivity index (χ0) is 13.7. The van der Waals surface area contributed by atoms with Crippen LogP contribution >= 0.6 is 11.6 Å². The summed E-state index contributed by atoms with van der Waals surface area (Å²) in [5.41, 5.74) is 2.47. The molecule has 1 aliphatic heterocycles. The number of anilines is 1. The Balaban J connectivity index is 2.14. The Kier molecular flexibility index (Phi) is 5.53. The van der Waals surface area contributed by atoms with E-state index in [0.29, 0.717) is 6.04 Å². The molecule has 1 heterocycles. The van der Waals surface area contributed by atoms with E-state index >= 15 is 0 Å². The van der Waals surface area contributed by atoms with Crippen molar-refractivity contribution in [3.05, 3.63) is 28.8 Å². The molecule has 106 valence electrons.